The van der Waals surface area contributed by atoms with E-state index in [2.05, 4.69) is 15.4 Å². The summed E-state index contributed by atoms with van der Waals surface area (Å²) in [5, 5.41) is 7.51. The van der Waals surface area contributed by atoms with Crippen LogP contribution in [0.25, 0.3) is 5.82 Å². The number of ether oxygens (including phenoxy) is 1. The van der Waals surface area contributed by atoms with Crippen molar-refractivity contribution >= 4 is 23.2 Å². The third kappa shape index (κ3) is 4.11. The summed E-state index contributed by atoms with van der Waals surface area (Å²) in [5.74, 6) is 0.947. The molecule has 6 nitrogen and oxygen atoms in total. The molecule has 0 bridgehead atoms. The van der Waals surface area contributed by atoms with Crippen LogP contribution in [0.5, 0.6) is 5.75 Å². The van der Waals surface area contributed by atoms with Crippen LogP contribution in [0.3, 0.4) is 0 Å². The van der Waals surface area contributed by atoms with Crippen LogP contribution in [-0.2, 0) is 0 Å². The molecule has 1 amide bonds. The first-order valence-corrected chi connectivity index (χ1v) is 9.02. The molecule has 0 aliphatic carbocycles. The van der Waals surface area contributed by atoms with E-state index in [-0.39, 0.29) is 16.6 Å². The maximum absolute atomic E-state index is 12.7. The van der Waals surface area contributed by atoms with Crippen LogP contribution in [-0.4, -0.2) is 27.3 Å². The zero-order valence-electron chi connectivity index (χ0n) is 15.7. The molecule has 1 aromatic carbocycles. The monoisotopic (exact) mass is 384 g/mol. The van der Waals surface area contributed by atoms with E-state index in [9.17, 15) is 4.79 Å². The zero-order chi connectivity index (χ0) is 19.6. The van der Waals surface area contributed by atoms with Crippen LogP contribution >= 0.6 is 11.6 Å². The summed E-state index contributed by atoms with van der Waals surface area (Å²) < 4.78 is 7.21. The van der Waals surface area contributed by atoms with Gasteiger partial charge < -0.3 is 10.1 Å². The van der Waals surface area contributed by atoms with E-state index in [1.165, 1.54) is 0 Å². The van der Waals surface area contributed by atoms with Gasteiger partial charge in [-0.3, -0.25) is 4.79 Å². The highest BCUT2D eigenvalue weighted by Crippen LogP contribution is 2.23. The van der Waals surface area contributed by atoms with E-state index in [1.54, 1.807) is 22.9 Å². The Morgan fingerprint density at radius 1 is 1.19 bits per heavy atom. The van der Waals surface area contributed by atoms with Gasteiger partial charge in [0.1, 0.15) is 11.4 Å². The lowest BCUT2D eigenvalue weighted by Gasteiger charge is -2.11. The molecule has 0 saturated heterocycles. The van der Waals surface area contributed by atoms with E-state index in [0.29, 0.717) is 18.1 Å². The highest BCUT2D eigenvalue weighted by Gasteiger charge is 2.16. The van der Waals surface area contributed by atoms with Gasteiger partial charge in [0.15, 0.2) is 5.82 Å². The van der Waals surface area contributed by atoms with Gasteiger partial charge >= 0.3 is 0 Å². The first-order valence-electron chi connectivity index (χ1n) is 8.64. The fourth-order valence-electron chi connectivity index (χ4n) is 2.80. The van der Waals surface area contributed by atoms with Gasteiger partial charge in [0.2, 0.25) is 0 Å². The van der Waals surface area contributed by atoms with E-state index < -0.39 is 0 Å². The van der Waals surface area contributed by atoms with Gasteiger partial charge in [0.05, 0.1) is 17.3 Å². The Morgan fingerprint density at radius 2 is 1.96 bits per heavy atom. The summed E-state index contributed by atoms with van der Waals surface area (Å²) in [4.78, 5) is 17.1. The minimum atomic E-state index is -0.382. The number of carbonyl (C=O) groups excluding carboxylic acids is 1. The Hall–Kier alpha value is -2.86. The Labute approximate surface area is 163 Å². The normalized spacial score (nSPS) is 10.7. The van der Waals surface area contributed by atoms with Crippen LogP contribution in [0.4, 0.5) is 5.69 Å². The molecule has 3 rings (SSSR count). The smallest absolute Gasteiger partial charge is 0.275 e. The summed E-state index contributed by atoms with van der Waals surface area (Å²) in [6.45, 7) is 8.28. The number of aromatic nitrogens is 3. The van der Waals surface area contributed by atoms with Gasteiger partial charge in [0, 0.05) is 11.4 Å². The standard InChI is InChI=1S/C20H21ClN4O2/c1-5-27-17-8-6-15(10-12(17)2)22-20(26)19-16(21)7-9-18(23-19)25-14(4)11-13(3)24-25/h6-11H,5H2,1-4H3,(H,22,26). The molecule has 0 spiro atoms. The number of pyridine rings is 1. The molecule has 27 heavy (non-hydrogen) atoms. The average Bonchev–Trinajstić information content (AvgIpc) is 2.96. The lowest BCUT2D eigenvalue weighted by molar-refractivity contribution is 0.102. The second-order valence-electron chi connectivity index (χ2n) is 6.21. The van der Waals surface area contributed by atoms with Crippen LogP contribution in [0.15, 0.2) is 36.4 Å². The van der Waals surface area contributed by atoms with Crippen molar-refractivity contribution in [1.29, 1.82) is 0 Å². The first kappa shape index (κ1) is 18.9. The molecular formula is C20H21ClN4O2. The molecule has 0 atom stereocenters. The third-order valence-electron chi connectivity index (χ3n) is 4.01. The molecule has 0 aliphatic heterocycles. The number of nitrogens with one attached hydrogen (secondary N) is 1. The largest absolute Gasteiger partial charge is 0.494 e. The van der Waals surface area contributed by atoms with Gasteiger partial charge in [-0.05, 0) is 69.7 Å². The van der Waals surface area contributed by atoms with E-state index in [1.807, 2.05) is 45.9 Å². The fraction of sp³-hybridized carbons (Fsp3) is 0.250. The fourth-order valence-corrected chi connectivity index (χ4v) is 3.00. The van der Waals surface area contributed by atoms with Crippen LogP contribution in [0, 0.1) is 20.8 Å². The number of hydrogen-bond acceptors (Lipinski definition) is 4. The van der Waals surface area contributed by atoms with E-state index >= 15 is 0 Å². The zero-order valence-corrected chi connectivity index (χ0v) is 16.5. The minimum absolute atomic E-state index is 0.147. The average molecular weight is 385 g/mol. The molecule has 7 heteroatoms. The minimum Gasteiger partial charge on any atom is -0.494 e. The molecule has 0 radical (unpaired) electrons. The Kier molecular flexibility index (Phi) is 5.46. The molecular weight excluding hydrogens is 364 g/mol. The van der Waals surface area contributed by atoms with Gasteiger partial charge in [-0.2, -0.15) is 5.10 Å². The third-order valence-corrected chi connectivity index (χ3v) is 4.31. The number of amides is 1. The van der Waals surface area contributed by atoms with Crippen molar-refractivity contribution in [2.45, 2.75) is 27.7 Å². The predicted molar refractivity (Wildman–Crippen MR) is 106 cm³/mol. The molecule has 0 unspecified atom stereocenters. The van der Waals surface area contributed by atoms with E-state index in [4.69, 9.17) is 16.3 Å². The van der Waals surface area contributed by atoms with Crippen molar-refractivity contribution in [3.63, 3.8) is 0 Å². The van der Waals surface area contributed by atoms with Crippen LogP contribution in [0.2, 0.25) is 5.02 Å². The topological polar surface area (TPSA) is 69.0 Å². The number of anilines is 1. The van der Waals surface area contributed by atoms with Crippen LogP contribution in [0.1, 0.15) is 34.4 Å². The summed E-state index contributed by atoms with van der Waals surface area (Å²) in [6, 6.07) is 10.8. The maximum Gasteiger partial charge on any atom is 0.275 e. The van der Waals surface area contributed by atoms with Crippen molar-refractivity contribution in [3.8, 4) is 11.6 Å². The Bertz CT molecular complexity index is 998. The molecule has 2 heterocycles. The number of aryl methyl sites for hydroxylation is 3. The summed E-state index contributed by atoms with van der Waals surface area (Å²) >= 11 is 6.21. The number of rotatable bonds is 5. The molecule has 140 valence electrons. The van der Waals surface area contributed by atoms with Crippen molar-refractivity contribution in [2.24, 2.45) is 0 Å². The number of nitrogens with zero attached hydrogens (tertiary/aromatic N) is 3. The Balaban J connectivity index is 1.87. The van der Waals surface area contributed by atoms with E-state index in [0.717, 1.165) is 22.7 Å². The highest BCUT2D eigenvalue weighted by molar-refractivity contribution is 6.34. The van der Waals surface area contributed by atoms with Gasteiger partial charge in [-0.1, -0.05) is 11.6 Å². The lowest BCUT2D eigenvalue weighted by Crippen LogP contribution is -2.16. The van der Waals surface area contributed by atoms with Crippen molar-refractivity contribution in [3.05, 3.63) is 64.1 Å². The number of hydrogen-bond donors (Lipinski definition) is 1. The number of carbonyl (C=O) groups is 1. The quantitative estimate of drug-likeness (QED) is 0.703. The first-order chi connectivity index (χ1) is 12.9. The molecule has 0 aliphatic rings. The summed E-state index contributed by atoms with van der Waals surface area (Å²) in [7, 11) is 0. The molecule has 0 fully saturated rings. The van der Waals surface area contributed by atoms with Gasteiger partial charge in [0.25, 0.3) is 5.91 Å². The van der Waals surface area contributed by atoms with Crippen molar-refractivity contribution in [1.82, 2.24) is 14.8 Å². The summed E-state index contributed by atoms with van der Waals surface area (Å²) in [6.07, 6.45) is 0. The van der Waals surface area contributed by atoms with Crippen molar-refractivity contribution in [2.75, 3.05) is 11.9 Å². The molecule has 1 N–H and O–H groups in total. The maximum atomic E-state index is 12.7. The second-order valence-corrected chi connectivity index (χ2v) is 6.61. The Morgan fingerprint density at radius 3 is 2.59 bits per heavy atom. The molecule has 0 saturated carbocycles. The van der Waals surface area contributed by atoms with Gasteiger partial charge in [-0.15, -0.1) is 0 Å². The molecule has 3 aromatic rings. The molecule has 2 aromatic heterocycles. The number of halogens is 1. The van der Waals surface area contributed by atoms with Crippen molar-refractivity contribution < 1.29 is 9.53 Å². The summed E-state index contributed by atoms with van der Waals surface area (Å²) in [5.41, 5.74) is 3.53. The predicted octanol–water partition coefficient (Wildman–Crippen LogP) is 4.50. The van der Waals surface area contributed by atoms with Gasteiger partial charge in [-0.25, -0.2) is 9.67 Å². The lowest BCUT2D eigenvalue weighted by atomic mass is 10.2. The number of benzene rings is 1. The SMILES string of the molecule is CCOc1ccc(NC(=O)c2nc(-n3nc(C)cc3C)ccc2Cl)cc1C. The second kappa shape index (κ2) is 7.80. The highest BCUT2D eigenvalue weighted by atomic mass is 35.5. The van der Waals surface area contributed by atoms with Crippen LogP contribution < -0.4 is 10.1 Å².